The third kappa shape index (κ3) is 14.7. The number of carbonyl (C=O) groups is 3. The Morgan fingerprint density at radius 2 is 1.80 bits per heavy atom. The van der Waals surface area contributed by atoms with Gasteiger partial charge in [-0.1, -0.05) is 52.7 Å². The molecule has 9 nitrogen and oxygen atoms in total. The van der Waals surface area contributed by atoms with Gasteiger partial charge in [0.25, 0.3) is 0 Å². The molecule has 0 aromatic carbocycles. The van der Waals surface area contributed by atoms with E-state index in [1.165, 1.54) is 37.0 Å². The van der Waals surface area contributed by atoms with Crippen molar-refractivity contribution < 1.29 is 14.4 Å². The van der Waals surface area contributed by atoms with E-state index in [-0.39, 0.29) is 17.9 Å². The monoisotopic (exact) mass is 644 g/mol. The van der Waals surface area contributed by atoms with Crippen LogP contribution in [0.3, 0.4) is 0 Å². The van der Waals surface area contributed by atoms with E-state index in [1.807, 2.05) is 14.0 Å². The van der Waals surface area contributed by atoms with Gasteiger partial charge in [-0.15, -0.1) is 11.3 Å². The van der Waals surface area contributed by atoms with Crippen LogP contribution in [-0.4, -0.2) is 99.3 Å². The molecule has 2 atom stereocenters. The standard InChI is InChI=1S/C22H35N3OS.C9H16N2O.C4H9NO/c1-15(2)17-9-10-18-20(13-17)27-22(25-18)12-11-21(26)24-19(14-23-3)16-7-5-4-6-8-16;1-9(8-12)7-11-5-3-10(2)4-6-11;1-3-4(6)5-2/h9-10,15-17,19,23H,4-8,11-14H2,1-3H3,(H,24,26);8H,1,3-7H2,2H3;3H2,1-2H3,(H,5,6). The summed E-state index contributed by atoms with van der Waals surface area (Å²) in [7, 11) is 5.72. The van der Waals surface area contributed by atoms with E-state index in [9.17, 15) is 14.4 Å². The number of hydrogen-bond donors (Lipinski definition) is 3. The summed E-state index contributed by atoms with van der Waals surface area (Å²) in [6.07, 6.45) is 14.7. The van der Waals surface area contributed by atoms with E-state index < -0.39 is 0 Å². The largest absolute Gasteiger partial charge is 0.359 e. The van der Waals surface area contributed by atoms with E-state index in [0.29, 0.717) is 36.2 Å². The first-order valence-electron chi connectivity index (χ1n) is 16.9. The van der Waals surface area contributed by atoms with Crippen molar-refractivity contribution in [3.05, 3.63) is 33.8 Å². The minimum Gasteiger partial charge on any atom is -0.359 e. The van der Waals surface area contributed by atoms with Gasteiger partial charge >= 0.3 is 0 Å². The minimum absolute atomic E-state index is 0.0926. The first kappa shape index (κ1) is 38.8. The number of allylic oxidation sites excluding steroid dienone is 1. The zero-order valence-electron chi connectivity index (χ0n) is 28.8. The SMILES string of the molecule is C=C(C=O)CN1CCN(C)CC1.CCC(=O)NC.CNCC(NC(=O)CCc1nc2c(s1)CC(C(C)C)C=C2)C1CCCCC1. The molecule has 2 heterocycles. The topological polar surface area (TPSA) is 107 Å². The van der Waals surface area contributed by atoms with Crippen molar-refractivity contribution >= 4 is 35.5 Å². The summed E-state index contributed by atoms with van der Waals surface area (Å²) in [5.74, 6) is 2.17. The Hall–Kier alpha value is -2.40. The van der Waals surface area contributed by atoms with Gasteiger partial charge in [-0.2, -0.15) is 0 Å². The fourth-order valence-corrected chi connectivity index (χ4v) is 6.98. The summed E-state index contributed by atoms with van der Waals surface area (Å²) < 4.78 is 0. The van der Waals surface area contributed by atoms with Gasteiger partial charge in [0.1, 0.15) is 6.29 Å². The van der Waals surface area contributed by atoms with E-state index in [0.717, 1.165) is 69.1 Å². The second-order valence-electron chi connectivity index (χ2n) is 12.9. The second-order valence-corrected chi connectivity index (χ2v) is 14.1. The van der Waals surface area contributed by atoms with E-state index in [1.54, 1.807) is 18.4 Å². The minimum atomic E-state index is 0.0926. The zero-order valence-corrected chi connectivity index (χ0v) is 29.6. The quantitative estimate of drug-likeness (QED) is 0.230. The maximum absolute atomic E-state index is 12.6. The molecule has 2 unspecified atom stereocenters. The highest BCUT2D eigenvalue weighted by atomic mass is 32.1. The molecule has 254 valence electrons. The molecule has 3 N–H and O–H groups in total. The summed E-state index contributed by atoms with van der Waals surface area (Å²) in [6.45, 7) is 15.9. The molecule has 1 aromatic rings. The van der Waals surface area contributed by atoms with Crippen molar-refractivity contribution in [3.8, 4) is 0 Å². The first-order chi connectivity index (χ1) is 21.6. The molecular formula is C35H60N6O3S. The number of nitrogens with one attached hydrogen (secondary N) is 3. The van der Waals surface area contributed by atoms with Gasteiger partial charge in [-0.25, -0.2) is 4.98 Å². The summed E-state index contributed by atoms with van der Waals surface area (Å²) in [6, 6.07) is 0.266. The number of rotatable bonds is 12. The van der Waals surface area contributed by atoms with Gasteiger partial charge in [0, 0.05) is 76.5 Å². The normalized spacial score (nSPS) is 19.3. The lowest BCUT2D eigenvalue weighted by atomic mass is 9.83. The highest BCUT2D eigenvalue weighted by Crippen LogP contribution is 2.32. The summed E-state index contributed by atoms with van der Waals surface area (Å²) in [4.78, 5) is 43.6. The van der Waals surface area contributed by atoms with Crippen LogP contribution in [0.15, 0.2) is 18.2 Å². The van der Waals surface area contributed by atoms with Crippen LogP contribution in [0.25, 0.3) is 6.08 Å². The Bertz CT molecular complexity index is 1070. The number of carbonyl (C=O) groups excluding carboxylic acids is 3. The van der Waals surface area contributed by atoms with Crippen molar-refractivity contribution in [1.82, 2.24) is 30.7 Å². The predicted octanol–water partition coefficient (Wildman–Crippen LogP) is 4.33. The second kappa shape index (κ2) is 21.4. The van der Waals surface area contributed by atoms with Crippen molar-refractivity contribution in [1.29, 1.82) is 0 Å². The third-order valence-corrected chi connectivity index (χ3v) is 10.0. The number of aldehydes is 1. The van der Waals surface area contributed by atoms with Crippen molar-refractivity contribution in [3.63, 3.8) is 0 Å². The lowest BCUT2D eigenvalue weighted by Crippen LogP contribution is -2.46. The molecular weight excluding hydrogens is 584 g/mol. The number of thiazole rings is 1. The molecule has 2 amide bonds. The number of aryl methyl sites for hydroxylation is 1. The predicted molar refractivity (Wildman–Crippen MR) is 187 cm³/mol. The molecule has 2 aliphatic carbocycles. The number of amides is 2. The van der Waals surface area contributed by atoms with Gasteiger partial charge in [0.2, 0.25) is 11.8 Å². The van der Waals surface area contributed by atoms with E-state index in [4.69, 9.17) is 4.98 Å². The molecule has 4 rings (SSSR count). The maximum Gasteiger partial charge on any atom is 0.220 e. The number of fused-ring (bicyclic) bond motifs is 1. The van der Waals surface area contributed by atoms with Crippen LogP contribution in [-0.2, 0) is 27.2 Å². The smallest absolute Gasteiger partial charge is 0.220 e. The van der Waals surface area contributed by atoms with Crippen molar-refractivity contribution in [2.75, 3.05) is 60.4 Å². The first-order valence-corrected chi connectivity index (χ1v) is 17.8. The molecule has 0 bridgehead atoms. The number of aromatic nitrogens is 1. The summed E-state index contributed by atoms with van der Waals surface area (Å²) >= 11 is 1.80. The lowest BCUT2D eigenvalue weighted by molar-refractivity contribution is -0.122. The number of likely N-dealkylation sites (N-methyl/N-ethyl adjacent to an activating group) is 2. The molecule has 45 heavy (non-hydrogen) atoms. The van der Waals surface area contributed by atoms with E-state index >= 15 is 0 Å². The summed E-state index contributed by atoms with van der Waals surface area (Å²) in [5.41, 5.74) is 1.81. The molecule has 1 aliphatic heterocycles. The third-order valence-electron chi connectivity index (χ3n) is 8.89. The van der Waals surface area contributed by atoms with Crippen LogP contribution in [0.5, 0.6) is 0 Å². The number of piperazine rings is 1. The maximum atomic E-state index is 12.6. The highest BCUT2D eigenvalue weighted by Gasteiger charge is 2.25. The molecule has 1 aromatic heterocycles. The Labute approximate surface area is 276 Å². The number of nitrogens with zero attached hydrogens (tertiary/aromatic N) is 3. The number of hydrogen-bond acceptors (Lipinski definition) is 8. The molecule has 1 saturated carbocycles. The average Bonchev–Trinajstić information content (AvgIpc) is 3.47. The highest BCUT2D eigenvalue weighted by molar-refractivity contribution is 7.11. The Morgan fingerprint density at radius 3 is 2.36 bits per heavy atom. The zero-order chi connectivity index (χ0) is 33.2. The molecule has 0 radical (unpaired) electrons. The van der Waals surface area contributed by atoms with Gasteiger partial charge < -0.3 is 20.9 Å². The average molecular weight is 645 g/mol. The van der Waals surface area contributed by atoms with Crippen LogP contribution in [0.1, 0.15) is 81.3 Å². The fraction of sp³-hybridized carbons (Fsp3) is 0.714. The molecule has 1 saturated heterocycles. The Balaban J connectivity index is 0.000000322. The fourth-order valence-electron chi connectivity index (χ4n) is 5.85. The molecule has 2 fully saturated rings. The van der Waals surface area contributed by atoms with E-state index in [2.05, 4.69) is 65.4 Å². The Kier molecular flexibility index (Phi) is 18.4. The summed E-state index contributed by atoms with van der Waals surface area (Å²) in [5, 5.41) is 10.1. The van der Waals surface area contributed by atoms with Gasteiger partial charge in [-0.05, 0) is 62.8 Å². The van der Waals surface area contributed by atoms with Crippen LogP contribution in [0, 0.1) is 17.8 Å². The Morgan fingerprint density at radius 1 is 1.11 bits per heavy atom. The van der Waals surface area contributed by atoms with Crippen LogP contribution in [0.2, 0.25) is 0 Å². The van der Waals surface area contributed by atoms with Crippen molar-refractivity contribution in [2.45, 2.75) is 84.6 Å². The van der Waals surface area contributed by atoms with Crippen LogP contribution >= 0.6 is 11.3 Å². The van der Waals surface area contributed by atoms with Gasteiger partial charge in [0.05, 0.1) is 10.7 Å². The molecule has 0 spiro atoms. The lowest BCUT2D eigenvalue weighted by Gasteiger charge is -2.32. The van der Waals surface area contributed by atoms with Crippen LogP contribution < -0.4 is 16.0 Å². The molecule has 10 heteroatoms. The van der Waals surface area contributed by atoms with Gasteiger partial charge in [0.15, 0.2) is 0 Å². The van der Waals surface area contributed by atoms with Crippen LogP contribution in [0.4, 0.5) is 0 Å². The van der Waals surface area contributed by atoms with Gasteiger partial charge in [-0.3, -0.25) is 19.3 Å². The van der Waals surface area contributed by atoms with Crippen molar-refractivity contribution in [2.24, 2.45) is 17.8 Å². The molecule has 3 aliphatic rings.